The van der Waals surface area contributed by atoms with Crippen LogP contribution < -0.4 is 0 Å². The van der Waals surface area contributed by atoms with Crippen molar-refractivity contribution < 1.29 is 0 Å². The first-order chi connectivity index (χ1) is 12.3. The summed E-state index contributed by atoms with van der Waals surface area (Å²) >= 11 is 6.02. The Morgan fingerprint density at radius 2 is 1.24 bits per heavy atom. The summed E-state index contributed by atoms with van der Waals surface area (Å²) in [7, 11) is 0. The summed E-state index contributed by atoms with van der Waals surface area (Å²) in [6.45, 7) is 0. The number of benzene rings is 2. The lowest BCUT2D eigenvalue weighted by Gasteiger charge is -2.10. The van der Waals surface area contributed by atoms with Gasteiger partial charge >= 0.3 is 0 Å². The molecule has 2 nitrogen and oxygen atoms in total. The van der Waals surface area contributed by atoms with Gasteiger partial charge in [-0.05, 0) is 35.9 Å². The zero-order valence-corrected chi connectivity index (χ0v) is 14.2. The summed E-state index contributed by atoms with van der Waals surface area (Å²) < 4.78 is 0. The molecule has 0 radical (unpaired) electrons. The molecule has 0 fully saturated rings. The molecule has 120 valence electrons. The molecule has 4 rings (SSSR count). The molecule has 0 aliphatic heterocycles. The highest BCUT2D eigenvalue weighted by atomic mass is 35.5. The zero-order chi connectivity index (χ0) is 17.1. The quantitative estimate of drug-likeness (QED) is 0.447. The molecule has 2 heterocycles. The van der Waals surface area contributed by atoms with Gasteiger partial charge in [0.05, 0.1) is 11.4 Å². The molecule has 2 aromatic carbocycles. The average molecular weight is 343 g/mol. The van der Waals surface area contributed by atoms with E-state index in [0.29, 0.717) is 0 Å². The summed E-state index contributed by atoms with van der Waals surface area (Å²) in [5, 5.41) is 0.718. The minimum atomic E-state index is 0.718. The van der Waals surface area contributed by atoms with E-state index < -0.39 is 0 Å². The van der Waals surface area contributed by atoms with Crippen LogP contribution in [0.15, 0.2) is 91.3 Å². The number of nitrogens with zero attached hydrogens (tertiary/aromatic N) is 2. The molecule has 25 heavy (non-hydrogen) atoms. The maximum Gasteiger partial charge on any atom is 0.0715 e. The molecule has 0 atom stereocenters. The highest BCUT2D eigenvalue weighted by Gasteiger charge is 2.09. The van der Waals surface area contributed by atoms with E-state index >= 15 is 0 Å². The highest BCUT2D eigenvalue weighted by Crippen LogP contribution is 2.30. The summed E-state index contributed by atoms with van der Waals surface area (Å²) in [5.41, 5.74) is 6.13. The molecule has 0 spiro atoms. The predicted molar refractivity (Wildman–Crippen MR) is 103 cm³/mol. The van der Waals surface area contributed by atoms with Crippen LogP contribution >= 0.6 is 11.6 Å². The van der Waals surface area contributed by atoms with Gasteiger partial charge in [-0.3, -0.25) is 4.98 Å². The molecular formula is C22H15ClN2. The second-order valence-electron chi connectivity index (χ2n) is 5.74. The Labute approximate surface area is 151 Å². The third-order valence-corrected chi connectivity index (χ3v) is 4.28. The number of aromatic nitrogens is 2. The summed E-state index contributed by atoms with van der Waals surface area (Å²) in [6.07, 6.45) is 3.65. The molecule has 0 unspecified atom stereocenters. The van der Waals surface area contributed by atoms with Crippen LogP contribution in [0.3, 0.4) is 0 Å². The van der Waals surface area contributed by atoms with Crippen molar-refractivity contribution in [2.24, 2.45) is 0 Å². The van der Waals surface area contributed by atoms with Gasteiger partial charge in [-0.2, -0.15) is 0 Å². The number of hydrogen-bond donors (Lipinski definition) is 0. The minimum Gasteiger partial charge on any atom is -0.264 e. The van der Waals surface area contributed by atoms with Crippen molar-refractivity contribution in [2.75, 3.05) is 0 Å². The van der Waals surface area contributed by atoms with Crippen LogP contribution in [0.25, 0.3) is 33.6 Å². The van der Waals surface area contributed by atoms with Gasteiger partial charge in [-0.15, -0.1) is 0 Å². The number of rotatable bonds is 3. The first-order valence-corrected chi connectivity index (χ1v) is 8.41. The smallest absolute Gasteiger partial charge is 0.0715 e. The lowest BCUT2D eigenvalue weighted by molar-refractivity contribution is 1.30. The van der Waals surface area contributed by atoms with Crippen LogP contribution in [0.1, 0.15) is 0 Å². The molecule has 2 aromatic heterocycles. The van der Waals surface area contributed by atoms with Crippen LogP contribution in [0, 0.1) is 0 Å². The SMILES string of the molecule is Clc1ccc(-c2cc(-c3cccnc3)cc(-c3ccccc3)n2)cc1. The fourth-order valence-electron chi connectivity index (χ4n) is 2.76. The molecule has 0 saturated carbocycles. The van der Waals surface area contributed by atoms with Crippen molar-refractivity contribution in [3.8, 4) is 33.6 Å². The Balaban J connectivity index is 1.90. The molecule has 0 amide bonds. The summed E-state index contributed by atoms with van der Waals surface area (Å²) in [5.74, 6) is 0. The van der Waals surface area contributed by atoms with Crippen molar-refractivity contribution in [1.29, 1.82) is 0 Å². The third kappa shape index (κ3) is 3.44. The first kappa shape index (κ1) is 15.6. The van der Waals surface area contributed by atoms with Gasteiger partial charge in [0, 0.05) is 34.1 Å². The standard InChI is InChI=1S/C22H15ClN2/c23-20-10-8-17(9-11-20)22-14-19(18-7-4-12-24-15-18)13-21(25-22)16-5-2-1-3-6-16/h1-15H. The molecule has 4 aromatic rings. The van der Waals surface area contributed by atoms with Crippen molar-refractivity contribution in [1.82, 2.24) is 9.97 Å². The molecule has 0 aliphatic carbocycles. The first-order valence-electron chi connectivity index (χ1n) is 8.03. The number of pyridine rings is 2. The largest absolute Gasteiger partial charge is 0.264 e. The average Bonchev–Trinajstić information content (AvgIpc) is 2.69. The van der Waals surface area contributed by atoms with Crippen LogP contribution in [0.2, 0.25) is 5.02 Å². The maximum absolute atomic E-state index is 6.02. The second-order valence-corrected chi connectivity index (χ2v) is 6.18. The fourth-order valence-corrected chi connectivity index (χ4v) is 2.88. The Morgan fingerprint density at radius 1 is 0.600 bits per heavy atom. The van der Waals surface area contributed by atoms with Gasteiger partial charge in [0.1, 0.15) is 0 Å². The Bertz CT molecular complexity index is 924. The van der Waals surface area contributed by atoms with E-state index in [2.05, 4.69) is 35.3 Å². The monoisotopic (exact) mass is 342 g/mol. The van der Waals surface area contributed by atoms with Gasteiger partial charge < -0.3 is 0 Å². The maximum atomic E-state index is 6.02. The van der Waals surface area contributed by atoms with Gasteiger partial charge in [-0.1, -0.05) is 60.1 Å². The number of hydrogen-bond acceptors (Lipinski definition) is 2. The normalized spacial score (nSPS) is 10.6. The van der Waals surface area contributed by atoms with E-state index in [1.165, 1.54) is 0 Å². The molecule has 0 bridgehead atoms. The van der Waals surface area contributed by atoms with Crippen molar-refractivity contribution in [3.05, 3.63) is 96.3 Å². The zero-order valence-electron chi connectivity index (χ0n) is 13.4. The number of halogens is 1. The van der Waals surface area contributed by atoms with Crippen LogP contribution in [-0.2, 0) is 0 Å². The Hall–Kier alpha value is -2.97. The van der Waals surface area contributed by atoms with E-state index in [9.17, 15) is 0 Å². The molecule has 0 N–H and O–H groups in total. The summed E-state index contributed by atoms with van der Waals surface area (Å²) in [4.78, 5) is 9.11. The van der Waals surface area contributed by atoms with Crippen LogP contribution in [0.4, 0.5) is 0 Å². The Morgan fingerprint density at radius 3 is 1.88 bits per heavy atom. The van der Waals surface area contributed by atoms with Gasteiger partial charge in [0.25, 0.3) is 0 Å². The minimum absolute atomic E-state index is 0.718. The van der Waals surface area contributed by atoms with E-state index in [4.69, 9.17) is 16.6 Å². The van der Waals surface area contributed by atoms with Crippen molar-refractivity contribution in [3.63, 3.8) is 0 Å². The molecule has 0 saturated heterocycles. The molecule has 0 aliphatic rings. The van der Waals surface area contributed by atoms with Crippen LogP contribution in [-0.4, -0.2) is 9.97 Å². The van der Waals surface area contributed by atoms with Crippen molar-refractivity contribution in [2.45, 2.75) is 0 Å². The molecular weight excluding hydrogens is 328 g/mol. The van der Waals surface area contributed by atoms with Gasteiger partial charge in [-0.25, -0.2) is 4.98 Å². The lowest BCUT2D eigenvalue weighted by Crippen LogP contribution is -1.91. The van der Waals surface area contributed by atoms with E-state index in [1.54, 1.807) is 6.20 Å². The highest BCUT2D eigenvalue weighted by molar-refractivity contribution is 6.30. The predicted octanol–water partition coefficient (Wildman–Crippen LogP) is 6.13. The topological polar surface area (TPSA) is 25.8 Å². The second kappa shape index (κ2) is 6.88. The van der Waals surface area contributed by atoms with Crippen molar-refractivity contribution >= 4 is 11.6 Å². The Kier molecular flexibility index (Phi) is 4.28. The third-order valence-electron chi connectivity index (χ3n) is 4.03. The van der Waals surface area contributed by atoms with E-state index in [0.717, 1.165) is 38.7 Å². The van der Waals surface area contributed by atoms with Gasteiger partial charge in [0.15, 0.2) is 0 Å². The summed E-state index contributed by atoms with van der Waals surface area (Å²) in [6, 6.07) is 26.1. The van der Waals surface area contributed by atoms with Gasteiger partial charge in [0.2, 0.25) is 0 Å². The van der Waals surface area contributed by atoms with E-state index in [1.807, 2.05) is 54.7 Å². The fraction of sp³-hybridized carbons (Fsp3) is 0. The lowest BCUT2D eigenvalue weighted by atomic mass is 10.0. The molecule has 3 heteroatoms. The van der Waals surface area contributed by atoms with E-state index in [-0.39, 0.29) is 0 Å². The van der Waals surface area contributed by atoms with Crippen LogP contribution in [0.5, 0.6) is 0 Å².